The van der Waals surface area contributed by atoms with E-state index in [9.17, 15) is 22.8 Å². The molecule has 1 aliphatic rings. The van der Waals surface area contributed by atoms with Crippen LogP contribution in [0.5, 0.6) is 0 Å². The van der Waals surface area contributed by atoms with Crippen LogP contribution in [0.15, 0.2) is 122 Å². The Labute approximate surface area is 270 Å². The smallest absolute Gasteiger partial charge is 0.336 e. The quantitative estimate of drug-likeness (QED) is 0.173. The predicted octanol–water partition coefficient (Wildman–Crippen LogP) is 6.52. The molecule has 5 aromatic rings. The molecule has 0 radical (unpaired) electrons. The Morgan fingerprint density at radius 1 is 0.851 bits per heavy atom. The number of aromatic nitrogens is 3. The third-order valence-electron chi connectivity index (χ3n) is 8.29. The zero-order valence-electron chi connectivity index (χ0n) is 25.4. The molecule has 1 aromatic heterocycles. The predicted molar refractivity (Wildman–Crippen MR) is 172 cm³/mol. The molecule has 2 amide bonds. The Morgan fingerprint density at radius 2 is 1.55 bits per heavy atom. The minimum absolute atomic E-state index is 0.126. The average Bonchev–Trinajstić information content (AvgIpc) is 3.64. The standard InChI is InChI=1S/C37H32F3N5O2/c38-37(39,40)32-15-10-27(11-16-32)14-19-35(46)44(25-29-12-17-33(18-13-29)45-23-21-41-42-45)34(24-28-6-2-1-3-7-28)36(47)43-22-20-30-8-4-5-9-31(30)26-43/h1-19,21,23,34H,20,22,24-26H2/t34-/m0/s1. The Kier molecular flexibility index (Phi) is 9.28. The first-order valence-corrected chi connectivity index (χ1v) is 15.3. The van der Waals surface area contributed by atoms with Gasteiger partial charge >= 0.3 is 6.18 Å². The minimum atomic E-state index is -4.46. The number of rotatable bonds is 9. The van der Waals surface area contributed by atoms with Gasteiger partial charge in [-0.15, -0.1) is 5.10 Å². The van der Waals surface area contributed by atoms with Gasteiger partial charge in [0.1, 0.15) is 6.04 Å². The molecule has 2 heterocycles. The molecule has 0 saturated carbocycles. The second kappa shape index (κ2) is 13.9. The van der Waals surface area contributed by atoms with Crippen LogP contribution < -0.4 is 0 Å². The van der Waals surface area contributed by atoms with E-state index in [4.69, 9.17) is 0 Å². The highest BCUT2D eigenvalue weighted by Gasteiger charge is 2.34. The summed E-state index contributed by atoms with van der Waals surface area (Å²) in [6.07, 6.45) is 2.64. The second-order valence-corrected chi connectivity index (χ2v) is 11.4. The van der Waals surface area contributed by atoms with E-state index in [1.165, 1.54) is 29.8 Å². The highest BCUT2D eigenvalue weighted by atomic mass is 19.4. The molecule has 1 atom stereocenters. The molecular formula is C37H32F3N5O2. The maximum absolute atomic E-state index is 14.4. The van der Waals surface area contributed by atoms with Crippen molar-refractivity contribution >= 4 is 17.9 Å². The lowest BCUT2D eigenvalue weighted by Gasteiger charge is -2.37. The second-order valence-electron chi connectivity index (χ2n) is 11.4. The maximum atomic E-state index is 14.4. The van der Waals surface area contributed by atoms with Gasteiger partial charge in [0.15, 0.2) is 0 Å². The van der Waals surface area contributed by atoms with Gasteiger partial charge in [0.2, 0.25) is 11.8 Å². The number of benzene rings is 4. The van der Waals surface area contributed by atoms with Gasteiger partial charge in [-0.05, 0) is 64.6 Å². The number of halogens is 3. The molecule has 0 spiro atoms. The highest BCUT2D eigenvalue weighted by molar-refractivity contribution is 5.96. The van der Waals surface area contributed by atoms with E-state index in [1.807, 2.05) is 77.7 Å². The summed E-state index contributed by atoms with van der Waals surface area (Å²) in [6, 6.07) is 28.8. The topological polar surface area (TPSA) is 71.3 Å². The zero-order chi connectivity index (χ0) is 32.8. The van der Waals surface area contributed by atoms with Crippen LogP contribution in [0.1, 0.15) is 33.4 Å². The Bertz CT molecular complexity index is 1840. The highest BCUT2D eigenvalue weighted by Crippen LogP contribution is 2.29. The first-order chi connectivity index (χ1) is 22.7. The van der Waals surface area contributed by atoms with Crippen LogP contribution in [0.4, 0.5) is 13.2 Å². The summed E-state index contributed by atoms with van der Waals surface area (Å²) in [5.74, 6) is -0.601. The van der Waals surface area contributed by atoms with Crippen molar-refractivity contribution < 1.29 is 22.8 Å². The number of fused-ring (bicyclic) bond motifs is 1. The lowest BCUT2D eigenvalue weighted by atomic mass is 9.97. The average molecular weight is 636 g/mol. The van der Waals surface area contributed by atoms with E-state index in [-0.39, 0.29) is 18.9 Å². The largest absolute Gasteiger partial charge is 0.416 e. The maximum Gasteiger partial charge on any atom is 0.416 e. The van der Waals surface area contributed by atoms with Crippen molar-refractivity contribution in [3.63, 3.8) is 0 Å². The molecule has 0 fully saturated rings. The third-order valence-corrected chi connectivity index (χ3v) is 8.29. The van der Waals surface area contributed by atoms with Gasteiger partial charge in [0, 0.05) is 32.1 Å². The van der Waals surface area contributed by atoms with E-state index in [0.29, 0.717) is 25.1 Å². The minimum Gasteiger partial charge on any atom is -0.336 e. The summed E-state index contributed by atoms with van der Waals surface area (Å²) < 4.78 is 40.9. The lowest BCUT2D eigenvalue weighted by molar-refractivity contribution is -0.144. The number of hydrogen-bond donors (Lipinski definition) is 0. The fraction of sp³-hybridized carbons (Fsp3) is 0.189. The van der Waals surface area contributed by atoms with Gasteiger partial charge in [-0.3, -0.25) is 9.59 Å². The first kappa shape index (κ1) is 31.5. The van der Waals surface area contributed by atoms with Gasteiger partial charge in [-0.2, -0.15) is 13.2 Å². The van der Waals surface area contributed by atoms with Crippen molar-refractivity contribution in [2.45, 2.75) is 38.1 Å². The molecular weight excluding hydrogens is 603 g/mol. The van der Waals surface area contributed by atoms with Crippen LogP contribution in [0.2, 0.25) is 0 Å². The van der Waals surface area contributed by atoms with Crippen LogP contribution in [0.25, 0.3) is 11.8 Å². The van der Waals surface area contributed by atoms with Gasteiger partial charge in [0.25, 0.3) is 0 Å². The molecule has 0 saturated heterocycles. The van der Waals surface area contributed by atoms with Crippen LogP contribution >= 0.6 is 0 Å². The van der Waals surface area contributed by atoms with E-state index >= 15 is 0 Å². The van der Waals surface area contributed by atoms with Gasteiger partial charge in [0.05, 0.1) is 23.6 Å². The molecule has 10 heteroatoms. The fourth-order valence-corrected chi connectivity index (χ4v) is 5.75. The molecule has 0 unspecified atom stereocenters. The first-order valence-electron chi connectivity index (χ1n) is 15.3. The number of alkyl halides is 3. The Hall–Kier alpha value is -5.51. The summed E-state index contributed by atoms with van der Waals surface area (Å²) in [7, 11) is 0. The molecule has 47 heavy (non-hydrogen) atoms. The van der Waals surface area contributed by atoms with E-state index in [1.54, 1.807) is 22.0 Å². The normalized spacial score (nSPS) is 13.7. The van der Waals surface area contributed by atoms with Crippen LogP contribution in [-0.2, 0) is 41.7 Å². The van der Waals surface area contributed by atoms with Crippen molar-refractivity contribution in [3.05, 3.63) is 155 Å². The van der Waals surface area contributed by atoms with Crippen LogP contribution in [0, 0.1) is 0 Å². The van der Waals surface area contributed by atoms with Gasteiger partial charge in [-0.25, -0.2) is 4.68 Å². The van der Waals surface area contributed by atoms with Crippen LogP contribution in [-0.4, -0.2) is 49.2 Å². The Balaban J connectivity index is 1.33. The number of carbonyl (C=O) groups is 2. The zero-order valence-corrected chi connectivity index (χ0v) is 25.4. The molecule has 0 bridgehead atoms. The summed E-state index contributed by atoms with van der Waals surface area (Å²) in [5, 5.41) is 7.87. The van der Waals surface area contributed by atoms with Crippen LogP contribution in [0.3, 0.4) is 0 Å². The molecule has 1 aliphatic heterocycles. The molecule has 0 N–H and O–H groups in total. The molecule has 0 aliphatic carbocycles. The SMILES string of the molecule is O=C([C@H](Cc1ccccc1)N(Cc1ccc(-n2ccnn2)cc1)C(=O)C=Cc1ccc(C(F)(F)F)cc1)N1CCc2ccccc2C1. The van der Waals surface area contributed by atoms with Crippen molar-refractivity contribution in [3.8, 4) is 5.69 Å². The molecule has 4 aromatic carbocycles. The van der Waals surface area contributed by atoms with Gasteiger partial charge < -0.3 is 9.80 Å². The van der Waals surface area contributed by atoms with E-state index in [0.717, 1.165) is 34.5 Å². The molecule has 238 valence electrons. The molecule has 6 rings (SSSR count). The summed E-state index contributed by atoms with van der Waals surface area (Å²) in [4.78, 5) is 31.9. The Morgan fingerprint density at radius 3 is 2.23 bits per heavy atom. The molecule has 7 nitrogen and oxygen atoms in total. The fourth-order valence-electron chi connectivity index (χ4n) is 5.75. The monoisotopic (exact) mass is 635 g/mol. The number of nitrogens with zero attached hydrogens (tertiary/aromatic N) is 5. The summed E-state index contributed by atoms with van der Waals surface area (Å²) in [6.45, 7) is 1.09. The third kappa shape index (κ3) is 7.66. The van der Waals surface area contributed by atoms with Crippen molar-refractivity contribution in [1.29, 1.82) is 0 Å². The number of amides is 2. The van der Waals surface area contributed by atoms with E-state index in [2.05, 4.69) is 16.4 Å². The van der Waals surface area contributed by atoms with Gasteiger partial charge in [-0.1, -0.05) is 84.1 Å². The van der Waals surface area contributed by atoms with Crippen molar-refractivity contribution in [2.24, 2.45) is 0 Å². The summed E-state index contributed by atoms with van der Waals surface area (Å²) in [5.41, 5.74) is 4.42. The number of carbonyl (C=O) groups excluding carboxylic acids is 2. The number of hydrogen-bond acceptors (Lipinski definition) is 4. The summed E-state index contributed by atoms with van der Waals surface area (Å²) >= 11 is 0. The van der Waals surface area contributed by atoms with Crippen molar-refractivity contribution in [1.82, 2.24) is 24.8 Å². The van der Waals surface area contributed by atoms with E-state index < -0.39 is 23.7 Å². The lowest BCUT2D eigenvalue weighted by Crippen LogP contribution is -2.52. The van der Waals surface area contributed by atoms with Crippen molar-refractivity contribution in [2.75, 3.05) is 6.54 Å².